The van der Waals surface area contributed by atoms with Gasteiger partial charge in [0.05, 0.1) is 12.6 Å². The number of nitrogens with zero attached hydrogens (tertiary/aromatic N) is 2. The van der Waals surface area contributed by atoms with Crippen molar-refractivity contribution in [1.82, 2.24) is 25.5 Å². The molecule has 0 saturated carbocycles. The van der Waals surface area contributed by atoms with E-state index in [9.17, 15) is 4.79 Å². The molecule has 1 aliphatic heterocycles. The van der Waals surface area contributed by atoms with Gasteiger partial charge in [0.15, 0.2) is 0 Å². The Balaban J connectivity index is 1.77. The summed E-state index contributed by atoms with van der Waals surface area (Å²) in [4.78, 5) is 21.2. The maximum atomic E-state index is 11.9. The van der Waals surface area contributed by atoms with E-state index >= 15 is 0 Å². The highest BCUT2D eigenvalue weighted by Crippen LogP contribution is 2.05. The average Bonchev–Trinajstić information content (AvgIpc) is 2.76. The fourth-order valence-corrected chi connectivity index (χ4v) is 2.13. The van der Waals surface area contributed by atoms with Gasteiger partial charge in [-0.15, -0.1) is 0 Å². The van der Waals surface area contributed by atoms with E-state index < -0.39 is 0 Å². The minimum atomic E-state index is -0.0717. The van der Waals surface area contributed by atoms with Gasteiger partial charge in [-0.25, -0.2) is 4.98 Å². The van der Waals surface area contributed by atoms with E-state index in [0.29, 0.717) is 6.54 Å². The first kappa shape index (κ1) is 13.0. The maximum absolute atomic E-state index is 11.9. The summed E-state index contributed by atoms with van der Waals surface area (Å²) in [7, 11) is 0. The van der Waals surface area contributed by atoms with E-state index in [-0.39, 0.29) is 11.9 Å². The van der Waals surface area contributed by atoms with Crippen LogP contribution in [0.1, 0.15) is 25.2 Å². The standard InChI is InChI=1S/C12H21N5O/c1-10(12-14-4-5-15-12)16-11(18)9-17-7-2-3-13-6-8-17/h4-5,10,13H,2-3,6-9H2,1H3,(H,14,15)(H,16,18). The zero-order valence-corrected chi connectivity index (χ0v) is 10.8. The zero-order valence-electron chi connectivity index (χ0n) is 10.8. The SMILES string of the molecule is CC(NC(=O)CN1CCCNCC1)c1ncc[nH]1. The topological polar surface area (TPSA) is 73.1 Å². The van der Waals surface area contributed by atoms with Crippen LogP contribution in [0.3, 0.4) is 0 Å². The zero-order chi connectivity index (χ0) is 12.8. The maximum Gasteiger partial charge on any atom is 0.234 e. The van der Waals surface area contributed by atoms with E-state index in [4.69, 9.17) is 0 Å². The van der Waals surface area contributed by atoms with Crippen LogP contribution >= 0.6 is 0 Å². The molecule has 3 N–H and O–H groups in total. The predicted molar refractivity (Wildman–Crippen MR) is 69.1 cm³/mol. The number of H-pyrrole nitrogens is 1. The van der Waals surface area contributed by atoms with Crippen molar-refractivity contribution in [2.75, 3.05) is 32.7 Å². The lowest BCUT2D eigenvalue weighted by molar-refractivity contribution is -0.122. The molecule has 1 saturated heterocycles. The summed E-state index contributed by atoms with van der Waals surface area (Å²) in [6.07, 6.45) is 4.55. The molecule has 0 bridgehead atoms. The smallest absolute Gasteiger partial charge is 0.234 e. The Morgan fingerprint density at radius 1 is 1.56 bits per heavy atom. The highest BCUT2D eigenvalue weighted by atomic mass is 16.2. The van der Waals surface area contributed by atoms with Gasteiger partial charge in [-0.05, 0) is 26.4 Å². The van der Waals surface area contributed by atoms with Crippen LogP contribution in [0, 0.1) is 0 Å². The van der Waals surface area contributed by atoms with Crippen molar-refractivity contribution in [1.29, 1.82) is 0 Å². The lowest BCUT2D eigenvalue weighted by atomic mass is 10.3. The first-order chi connectivity index (χ1) is 8.75. The van der Waals surface area contributed by atoms with E-state index in [1.54, 1.807) is 12.4 Å². The van der Waals surface area contributed by atoms with Gasteiger partial charge >= 0.3 is 0 Å². The molecule has 0 aromatic carbocycles. The molecule has 2 heterocycles. The molecule has 6 nitrogen and oxygen atoms in total. The summed E-state index contributed by atoms with van der Waals surface area (Å²) in [5.74, 6) is 0.849. The number of aromatic nitrogens is 2. The molecule has 100 valence electrons. The van der Waals surface area contributed by atoms with Crippen molar-refractivity contribution in [2.24, 2.45) is 0 Å². The summed E-state index contributed by atoms with van der Waals surface area (Å²) in [6.45, 7) is 6.31. The molecule has 6 heteroatoms. The summed E-state index contributed by atoms with van der Waals surface area (Å²) >= 11 is 0. The average molecular weight is 251 g/mol. The van der Waals surface area contributed by atoms with E-state index in [2.05, 4.69) is 25.5 Å². The van der Waals surface area contributed by atoms with Crippen LogP contribution in [-0.2, 0) is 4.79 Å². The largest absolute Gasteiger partial charge is 0.347 e. The Morgan fingerprint density at radius 2 is 2.44 bits per heavy atom. The minimum absolute atomic E-state index is 0.0563. The first-order valence-electron chi connectivity index (χ1n) is 6.47. The highest BCUT2D eigenvalue weighted by Gasteiger charge is 2.15. The van der Waals surface area contributed by atoms with Gasteiger partial charge in [-0.3, -0.25) is 9.69 Å². The van der Waals surface area contributed by atoms with Crippen LogP contribution in [0.5, 0.6) is 0 Å². The number of hydrogen-bond donors (Lipinski definition) is 3. The van der Waals surface area contributed by atoms with Gasteiger partial charge < -0.3 is 15.6 Å². The number of hydrogen-bond acceptors (Lipinski definition) is 4. The van der Waals surface area contributed by atoms with Crippen molar-refractivity contribution in [2.45, 2.75) is 19.4 Å². The quantitative estimate of drug-likeness (QED) is 0.698. The molecule has 1 amide bonds. The number of rotatable bonds is 4. The Hall–Kier alpha value is -1.40. The third-order valence-corrected chi connectivity index (χ3v) is 3.11. The highest BCUT2D eigenvalue weighted by molar-refractivity contribution is 5.78. The molecule has 2 rings (SSSR count). The number of aromatic amines is 1. The van der Waals surface area contributed by atoms with Crippen LogP contribution in [0.15, 0.2) is 12.4 Å². The second-order valence-corrected chi connectivity index (χ2v) is 4.64. The van der Waals surface area contributed by atoms with Gasteiger partial charge in [0.1, 0.15) is 5.82 Å². The fourth-order valence-electron chi connectivity index (χ4n) is 2.13. The number of nitrogens with one attached hydrogen (secondary N) is 3. The summed E-state index contributed by atoms with van der Waals surface area (Å²) in [6, 6.07) is -0.0717. The molecule has 1 aromatic heterocycles. The Bertz CT molecular complexity index is 357. The molecule has 18 heavy (non-hydrogen) atoms. The lowest BCUT2D eigenvalue weighted by Gasteiger charge is -2.20. The van der Waals surface area contributed by atoms with Crippen molar-refractivity contribution < 1.29 is 4.79 Å². The van der Waals surface area contributed by atoms with E-state index in [1.807, 2.05) is 6.92 Å². The molecule has 0 aliphatic carbocycles. The van der Waals surface area contributed by atoms with Gasteiger partial charge in [0.2, 0.25) is 5.91 Å². The van der Waals surface area contributed by atoms with Gasteiger partial charge in [-0.2, -0.15) is 0 Å². The van der Waals surface area contributed by atoms with Crippen LogP contribution in [0.4, 0.5) is 0 Å². The number of carbonyl (C=O) groups excluding carboxylic acids is 1. The number of amides is 1. The third-order valence-electron chi connectivity index (χ3n) is 3.11. The minimum Gasteiger partial charge on any atom is -0.347 e. The van der Waals surface area contributed by atoms with Crippen molar-refractivity contribution in [3.8, 4) is 0 Å². The van der Waals surface area contributed by atoms with Gasteiger partial charge in [0.25, 0.3) is 0 Å². The fraction of sp³-hybridized carbons (Fsp3) is 0.667. The van der Waals surface area contributed by atoms with Crippen molar-refractivity contribution in [3.63, 3.8) is 0 Å². The third kappa shape index (κ3) is 3.82. The molecular formula is C12H21N5O. The molecule has 1 aliphatic rings. The van der Waals surface area contributed by atoms with Crippen LogP contribution in [-0.4, -0.2) is 53.5 Å². The number of imidazole rings is 1. The van der Waals surface area contributed by atoms with Crippen LogP contribution < -0.4 is 10.6 Å². The molecule has 1 atom stereocenters. The van der Waals surface area contributed by atoms with Gasteiger partial charge in [0, 0.05) is 25.5 Å². The molecule has 1 unspecified atom stereocenters. The molecule has 1 aromatic rings. The summed E-state index contributed by atoms with van der Waals surface area (Å²) in [5, 5.41) is 6.28. The molecular weight excluding hydrogens is 230 g/mol. The molecule has 0 spiro atoms. The van der Waals surface area contributed by atoms with Crippen molar-refractivity contribution in [3.05, 3.63) is 18.2 Å². The second kappa shape index (κ2) is 6.51. The first-order valence-corrected chi connectivity index (χ1v) is 6.47. The normalized spacial score (nSPS) is 19.2. The van der Waals surface area contributed by atoms with Crippen LogP contribution in [0.2, 0.25) is 0 Å². The Kier molecular flexibility index (Phi) is 4.72. The van der Waals surface area contributed by atoms with E-state index in [0.717, 1.165) is 38.4 Å². The monoisotopic (exact) mass is 251 g/mol. The second-order valence-electron chi connectivity index (χ2n) is 4.64. The Morgan fingerprint density at radius 3 is 3.22 bits per heavy atom. The van der Waals surface area contributed by atoms with Crippen LogP contribution in [0.25, 0.3) is 0 Å². The molecule has 1 fully saturated rings. The summed E-state index contributed by atoms with van der Waals surface area (Å²) < 4.78 is 0. The number of carbonyl (C=O) groups is 1. The van der Waals surface area contributed by atoms with E-state index in [1.165, 1.54) is 0 Å². The predicted octanol–water partition coefficient (Wildman–Crippen LogP) is -0.118. The van der Waals surface area contributed by atoms with Crippen molar-refractivity contribution >= 4 is 5.91 Å². The Labute approximate surface area is 107 Å². The molecule has 0 radical (unpaired) electrons. The lowest BCUT2D eigenvalue weighted by Crippen LogP contribution is -2.39. The summed E-state index contributed by atoms with van der Waals surface area (Å²) in [5.41, 5.74) is 0. The van der Waals surface area contributed by atoms with Gasteiger partial charge in [-0.1, -0.05) is 0 Å².